The van der Waals surface area contributed by atoms with Crippen LogP contribution < -0.4 is 10.4 Å². The van der Waals surface area contributed by atoms with Crippen LogP contribution in [0.25, 0.3) is 23.4 Å². The number of hydrogen-bond acceptors (Lipinski definition) is 5. The Hall–Kier alpha value is -3.18. The first-order valence-corrected chi connectivity index (χ1v) is 10.3. The Labute approximate surface area is 175 Å². The molecule has 1 unspecified atom stereocenters. The Morgan fingerprint density at radius 1 is 0.933 bits per heavy atom. The fourth-order valence-corrected chi connectivity index (χ4v) is 4.37. The quantitative estimate of drug-likeness (QED) is 0.502. The maximum Gasteiger partial charge on any atom is 0.134 e. The van der Waals surface area contributed by atoms with Gasteiger partial charge < -0.3 is 20.4 Å². The van der Waals surface area contributed by atoms with Gasteiger partial charge in [-0.3, -0.25) is 4.90 Å². The molecule has 3 aromatic carbocycles. The number of nitrogens with zero attached hydrogens (tertiary/aromatic N) is 1. The lowest BCUT2D eigenvalue weighted by atomic mass is 9.98. The molecule has 0 radical (unpaired) electrons. The van der Waals surface area contributed by atoms with E-state index < -0.39 is 0 Å². The summed E-state index contributed by atoms with van der Waals surface area (Å²) in [5, 5.41) is 42.6. The molecule has 0 aliphatic carbocycles. The molecule has 5 nitrogen and oxygen atoms in total. The molecule has 4 N–H and O–H groups in total. The summed E-state index contributed by atoms with van der Waals surface area (Å²) in [5.74, 6) is -0.812. The van der Waals surface area contributed by atoms with Gasteiger partial charge in [-0.2, -0.15) is 0 Å². The van der Waals surface area contributed by atoms with Gasteiger partial charge in [-0.25, -0.2) is 0 Å². The van der Waals surface area contributed by atoms with E-state index in [9.17, 15) is 20.4 Å². The number of hydrogen-bond donors (Lipinski definition) is 4. The Morgan fingerprint density at radius 3 is 2.40 bits per heavy atom. The van der Waals surface area contributed by atoms with Crippen LogP contribution in [0.1, 0.15) is 24.8 Å². The van der Waals surface area contributed by atoms with E-state index in [1.54, 1.807) is 0 Å². The SMILES string of the molecule is C=c1cc(O)c2c(O)c(=CC3CCCCN3CCc3ccccc3)cc(O)c2c1O. The van der Waals surface area contributed by atoms with Crippen LogP contribution in [0.2, 0.25) is 0 Å². The van der Waals surface area contributed by atoms with Gasteiger partial charge in [-0.1, -0.05) is 49.4 Å². The number of likely N-dealkylation sites (tertiary alicyclic amines) is 1. The van der Waals surface area contributed by atoms with E-state index in [0.717, 1.165) is 38.8 Å². The summed E-state index contributed by atoms with van der Waals surface area (Å²) in [6.45, 7) is 5.54. The number of fused-ring (bicyclic) bond motifs is 1. The van der Waals surface area contributed by atoms with Gasteiger partial charge in [-0.05, 0) is 43.5 Å². The number of aromatic hydroxyl groups is 4. The Morgan fingerprint density at radius 2 is 1.63 bits per heavy atom. The standard InChI is InChI=1S/C25H27NO4/c1-16-13-20(27)23-22(24(16)29)21(28)15-18(25(23)30)14-19-9-5-6-11-26(19)12-10-17-7-3-2-4-8-17/h2-4,7-8,13-15,19,27-30H,1,5-6,9-12H2. The van der Waals surface area contributed by atoms with Crippen molar-refractivity contribution in [3.63, 3.8) is 0 Å². The van der Waals surface area contributed by atoms with Gasteiger partial charge in [0.05, 0.1) is 10.8 Å². The molecule has 1 fully saturated rings. The molecule has 1 heterocycles. The lowest BCUT2D eigenvalue weighted by Gasteiger charge is -2.34. The second-order valence-electron chi connectivity index (χ2n) is 7.99. The number of piperidine rings is 1. The zero-order chi connectivity index (χ0) is 21.3. The van der Waals surface area contributed by atoms with E-state index in [1.165, 1.54) is 17.7 Å². The second kappa shape index (κ2) is 8.28. The zero-order valence-electron chi connectivity index (χ0n) is 16.9. The van der Waals surface area contributed by atoms with Crippen molar-refractivity contribution in [3.8, 4) is 23.0 Å². The normalized spacial score (nSPS) is 18.1. The Balaban J connectivity index is 1.72. The summed E-state index contributed by atoms with van der Waals surface area (Å²) in [6, 6.07) is 13.2. The van der Waals surface area contributed by atoms with Gasteiger partial charge in [0.15, 0.2) is 0 Å². The Kier molecular flexibility index (Phi) is 5.55. The maximum atomic E-state index is 10.8. The molecule has 4 rings (SSSR count). The lowest BCUT2D eigenvalue weighted by Crippen LogP contribution is -2.40. The minimum Gasteiger partial charge on any atom is -0.507 e. The molecule has 5 heteroatoms. The Bertz CT molecular complexity index is 1170. The first-order valence-electron chi connectivity index (χ1n) is 10.3. The molecule has 0 aromatic heterocycles. The van der Waals surface area contributed by atoms with E-state index in [-0.39, 0.29) is 45.0 Å². The van der Waals surface area contributed by atoms with Gasteiger partial charge >= 0.3 is 0 Å². The summed E-state index contributed by atoms with van der Waals surface area (Å²) in [6.07, 6.45) is 6.09. The first kappa shape index (κ1) is 20.1. The molecule has 156 valence electrons. The summed E-state index contributed by atoms with van der Waals surface area (Å²) >= 11 is 0. The minimum atomic E-state index is -0.246. The van der Waals surface area contributed by atoms with Crippen LogP contribution in [0.15, 0.2) is 42.5 Å². The molecule has 0 spiro atoms. The van der Waals surface area contributed by atoms with Gasteiger partial charge in [0.2, 0.25) is 0 Å². The lowest BCUT2D eigenvalue weighted by molar-refractivity contribution is 0.192. The molecular formula is C25H27NO4. The number of rotatable bonds is 4. The van der Waals surface area contributed by atoms with E-state index in [1.807, 2.05) is 24.3 Å². The molecule has 1 saturated heterocycles. The van der Waals surface area contributed by atoms with Crippen molar-refractivity contribution in [2.75, 3.05) is 13.1 Å². The van der Waals surface area contributed by atoms with E-state index in [2.05, 4.69) is 23.6 Å². The summed E-state index contributed by atoms with van der Waals surface area (Å²) < 4.78 is 0. The highest BCUT2D eigenvalue weighted by molar-refractivity contribution is 6.01. The van der Waals surface area contributed by atoms with Crippen molar-refractivity contribution in [2.24, 2.45) is 0 Å². The van der Waals surface area contributed by atoms with Crippen LogP contribution in [0.3, 0.4) is 0 Å². The van der Waals surface area contributed by atoms with Crippen molar-refractivity contribution in [1.82, 2.24) is 4.90 Å². The first-order chi connectivity index (χ1) is 14.5. The van der Waals surface area contributed by atoms with Crippen molar-refractivity contribution >= 4 is 23.4 Å². The van der Waals surface area contributed by atoms with E-state index in [4.69, 9.17) is 0 Å². The van der Waals surface area contributed by atoms with Crippen LogP contribution in [0.4, 0.5) is 0 Å². The molecule has 1 aliphatic rings. The molecule has 30 heavy (non-hydrogen) atoms. The maximum absolute atomic E-state index is 10.8. The van der Waals surface area contributed by atoms with Gasteiger partial charge in [-0.15, -0.1) is 0 Å². The molecule has 1 atom stereocenters. The van der Waals surface area contributed by atoms with Crippen LogP contribution in [-0.4, -0.2) is 44.5 Å². The van der Waals surface area contributed by atoms with Crippen molar-refractivity contribution in [2.45, 2.75) is 31.7 Å². The number of phenolic OH excluding ortho intramolecular Hbond substituents is 4. The minimum absolute atomic E-state index is 0.0132. The van der Waals surface area contributed by atoms with Crippen molar-refractivity contribution < 1.29 is 20.4 Å². The fraction of sp³-hybridized carbons (Fsp3) is 0.280. The average molecular weight is 405 g/mol. The molecular weight excluding hydrogens is 378 g/mol. The summed E-state index contributed by atoms with van der Waals surface area (Å²) in [5.41, 5.74) is 1.29. The third kappa shape index (κ3) is 3.81. The highest BCUT2D eigenvalue weighted by Crippen LogP contribution is 2.38. The van der Waals surface area contributed by atoms with Crippen LogP contribution in [0, 0.1) is 0 Å². The van der Waals surface area contributed by atoms with Crippen molar-refractivity contribution in [3.05, 3.63) is 58.5 Å². The average Bonchev–Trinajstić information content (AvgIpc) is 2.74. The fourth-order valence-electron chi connectivity index (χ4n) is 4.37. The number of phenols is 4. The number of benzene rings is 3. The van der Waals surface area contributed by atoms with Crippen LogP contribution in [-0.2, 0) is 6.42 Å². The summed E-state index contributed by atoms with van der Waals surface area (Å²) in [7, 11) is 0. The molecule has 0 bridgehead atoms. The zero-order valence-corrected chi connectivity index (χ0v) is 16.9. The van der Waals surface area contributed by atoms with Gasteiger partial charge in [0.25, 0.3) is 0 Å². The smallest absolute Gasteiger partial charge is 0.134 e. The highest BCUT2D eigenvalue weighted by Gasteiger charge is 2.22. The van der Waals surface area contributed by atoms with E-state index in [0.29, 0.717) is 5.22 Å². The molecule has 1 aliphatic heterocycles. The van der Waals surface area contributed by atoms with Crippen molar-refractivity contribution in [1.29, 1.82) is 0 Å². The van der Waals surface area contributed by atoms with Gasteiger partial charge in [0, 0.05) is 23.0 Å². The second-order valence-corrected chi connectivity index (χ2v) is 7.99. The highest BCUT2D eigenvalue weighted by atomic mass is 16.3. The summed E-state index contributed by atoms with van der Waals surface area (Å²) in [4.78, 5) is 2.40. The van der Waals surface area contributed by atoms with Crippen LogP contribution in [0.5, 0.6) is 23.0 Å². The topological polar surface area (TPSA) is 84.2 Å². The predicted molar refractivity (Wildman–Crippen MR) is 119 cm³/mol. The van der Waals surface area contributed by atoms with Crippen LogP contribution >= 0.6 is 0 Å². The predicted octanol–water partition coefficient (Wildman–Crippen LogP) is 2.95. The molecule has 3 aromatic rings. The largest absolute Gasteiger partial charge is 0.507 e. The van der Waals surface area contributed by atoms with Gasteiger partial charge in [0.1, 0.15) is 23.0 Å². The third-order valence-electron chi connectivity index (χ3n) is 5.98. The third-order valence-corrected chi connectivity index (χ3v) is 5.98. The molecule has 0 amide bonds. The monoisotopic (exact) mass is 405 g/mol. The van der Waals surface area contributed by atoms with E-state index >= 15 is 0 Å². The molecule has 0 saturated carbocycles.